The van der Waals surface area contributed by atoms with Gasteiger partial charge in [0, 0.05) is 17.2 Å². The molecule has 0 aliphatic rings. The largest absolute Gasteiger partial charge is 0.497 e. The molecule has 0 aliphatic carbocycles. The maximum atomic E-state index is 14.5. The lowest BCUT2D eigenvalue weighted by Gasteiger charge is -2.21. The molecule has 0 spiro atoms. The van der Waals surface area contributed by atoms with Gasteiger partial charge in [0.25, 0.3) is 0 Å². The van der Waals surface area contributed by atoms with Crippen molar-refractivity contribution in [1.82, 2.24) is 0 Å². The lowest BCUT2D eigenvalue weighted by Crippen LogP contribution is -2.27. The molecule has 0 radical (unpaired) electrons. The molecule has 0 saturated carbocycles. The summed E-state index contributed by atoms with van der Waals surface area (Å²) in [5.74, 6) is 0.692. The molecule has 1 amide bonds. The van der Waals surface area contributed by atoms with E-state index in [0.717, 1.165) is 11.3 Å². The quantitative estimate of drug-likeness (QED) is 0.461. The minimum Gasteiger partial charge on any atom is -0.497 e. The molecule has 0 aromatic heterocycles. The summed E-state index contributed by atoms with van der Waals surface area (Å²) < 4.78 is 31.0. The molecule has 0 fully saturated rings. The third kappa shape index (κ3) is 5.91. The number of benzene rings is 3. The zero-order valence-electron chi connectivity index (χ0n) is 18.6. The van der Waals surface area contributed by atoms with Gasteiger partial charge in [-0.15, -0.1) is 0 Å². The Bertz CT molecular complexity index is 1090. The highest BCUT2D eigenvalue weighted by molar-refractivity contribution is 5.92. The van der Waals surface area contributed by atoms with Gasteiger partial charge in [0.2, 0.25) is 0 Å². The van der Waals surface area contributed by atoms with Gasteiger partial charge in [-0.1, -0.05) is 30.3 Å². The van der Waals surface area contributed by atoms with Gasteiger partial charge in [-0.3, -0.25) is 5.32 Å². The lowest BCUT2D eigenvalue weighted by molar-refractivity contribution is 0.0636. The third-order valence-corrected chi connectivity index (χ3v) is 4.50. The smallest absolute Gasteiger partial charge is 0.412 e. The average Bonchev–Trinajstić information content (AvgIpc) is 2.73. The summed E-state index contributed by atoms with van der Waals surface area (Å²) in [5.41, 5.74) is 7.77. The zero-order chi connectivity index (χ0) is 23.3. The first-order valence-electron chi connectivity index (χ1n) is 10.1. The number of halogens is 1. The lowest BCUT2D eigenvalue weighted by atomic mass is 10.0. The van der Waals surface area contributed by atoms with E-state index in [-0.39, 0.29) is 12.3 Å². The minimum atomic E-state index is -0.667. The van der Waals surface area contributed by atoms with Gasteiger partial charge in [0.05, 0.1) is 18.5 Å². The van der Waals surface area contributed by atoms with Gasteiger partial charge < -0.3 is 19.9 Å². The van der Waals surface area contributed by atoms with Crippen molar-refractivity contribution in [1.29, 1.82) is 0 Å². The molecule has 0 aliphatic heterocycles. The van der Waals surface area contributed by atoms with Crippen LogP contribution < -0.4 is 20.5 Å². The molecule has 3 N–H and O–H groups in total. The van der Waals surface area contributed by atoms with Gasteiger partial charge in [-0.05, 0) is 50.6 Å². The normalized spacial score (nSPS) is 11.0. The SMILES string of the molecule is COc1ccc(COc2cc(NC(=O)OC(C)(C)C)c(N)cc2-c2ccccc2F)cc1. The fraction of sp³-hybridized carbons (Fsp3) is 0.240. The molecular formula is C25H27FN2O4. The summed E-state index contributed by atoms with van der Waals surface area (Å²) in [6.07, 6.45) is -0.649. The average molecular weight is 438 g/mol. The maximum absolute atomic E-state index is 14.5. The molecule has 0 heterocycles. The van der Waals surface area contributed by atoms with E-state index >= 15 is 0 Å². The van der Waals surface area contributed by atoms with Crippen LogP contribution in [-0.4, -0.2) is 18.8 Å². The Labute approximate surface area is 187 Å². The van der Waals surface area contributed by atoms with Crippen molar-refractivity contribution in [3.8, 4) is 22.6 Å². The molecule has 168 valence electrons. The fourth-order valence-electron chi connectivity index (χ4n) is 3.01. The molecule has 0 bridgehead atoms. The summed E-state index contributed by atoms with van der Waals surface area (Å²) in [7, 11) is 1.60. The van der Waals surface area contributed by atoms with Crippen LogP contribution in [0.25, 0.3) is 11.1 Å². The molecule has 0 saturated heterocycles. The van der Waals surface area contributed by atoms with Crippen LogP contribution in [0.3, 0.4) is 0 Å². The van der Waals surface area contributed by atoms with E-state index in [9.17, 15) is 9.18 Å². The van der Waals surface area contributed by atoms with Crippen molar-refractivity contribution in [2.24, 2.45) is 0 Å². The van der Waals surface area contributed by atoms with E-state index in [1.54, 1.807) is 58.2 Å². The van der Waals surface area contributed by atoms with Crippen molar-refractivity contribution in [2.45, 2.75) is 33.0 Å². The van der Waals surface area contributed by atoms with E-state index in [1.165, 1.54) is 6.07 Å². The molecule has 7 heteroatoms. The highest BCUT2D eigenvalue weighted by atomic mass is 19.1. The van der Waals surface area contributed by atoms with Gasteiger partial charge in [0.15, 0.2) is 0 Å². The number of carbonyl (C=O) groups is 1. The summed E-state index contributed by atoms with van der Waals surface area (Å²) in [6, 6.07) is 16.9. The first kappa shape index (κ1) is 22.9. The number of nitrogens with two attached hydrogens (primary N) is 1. The van der Waals surface area contributed by atoms with Gasteiger partial charge in [0.1, 0.15) is 29.5 Å². The molecule has 6 nitrogen and oxygen atoms in total. The molecule has 32 heavy (non-hydrogen) atoms. The summed E-state index contributed by atoms with van der Waals surface area (Å²) in [4.78, 5) is 12.2. The van der Waals surface area contributed by atoms with Crippen molar-refractivity contribution in [3.05, 3.63) is 72.0 Å². The summed E-state index contributed by atoms with van der Waals surface area (Å²) in [6.45, 7) is 5.52. The monoisotopic (exact) mass is 438 g/mol. The maximum Gasteiger partial charge on any atom is 0.412 e. The zero-order valence-corrected chi connectivity index (χ0v) is 18.6. The van der Waals surface area contributed by atoms with E-state index < -0.39 is 17.5 Å². The van der Waals surface area contributed by atoms with Crippen LogP contribution in [0.1, 0.15) is 26.3 Å². The number of hydrogen-bond donors (Lipinski definition) is 2. The molecule has 0 atom stereocenters. The summed E-state index contributed by atoms with van der Waals surface area (Å²) in [5, 5.41) is 2.64. The molecule has 3 aromatic rings. The van der Waals surface area contributed by atoms with Gasteiger partial charge in [-0.25, -0.2) is 9.18 Å². The van der Waals surface area contributed by atoms with Crippen molar-refractivity contribution < 1.29 is 23.4 Å². The Kier molecular flexibility index (Phi) is 6.88. The number of hydrogen-bond acceptors (Lipinski definition) is 5. The number of rotatable bonds is 6. The standard InChI is InChI=1S/C25H27FN2O4/c1-25(2,3)32-24(29)28-22-14-23(31-15-16-9-11-17(30-4)12-10-16)19(13-21(22)27)18-7-5-6-8-20(18)26/h5-14H,15,27H2,1-4H3,(H,28,29). The second-order valence-corrected chi connectivity index (χ2v) is 8.18. The molecule has 0 unspecified atom stereocenters. The first-order valence-corrected chi connectivity index (χ1v) is 10.1. The highest BCUT2D eigenvalue weighted by Crippen LogP contribution is 2.38. The Hall–Kier alpha value is -3.74. The Balaban J connectivity index is 1.94. The van der Waals surface area contributed by atoms with E-state index in [0.29, 0.717) is 22.6 Å². The number of ether oxygens (including phenoxy) is 3. The minimum absolute atomic E-state index is 0.223. The summed E-state index contributed by atoms with van der Waals surface area (Å²) >= 11 is 0. The predicted octanol–water partition coefficient (Wildman–Crippen LogP) is 6.01. The van der Waals surface area contributed by atoms with Crippen molar-refractivity contribution in [3.63, 3.8) is 0 Å². The Morgan fingerprint density at radius 1 is 1.03 bits per heavy atom. The van der Waals surface area contributed by atoms with Crippen molar-refractivity contribution >= 4 is 17.5 Å². The number of carbonyl (C=O) groups excluding carboxylic acids is 1. The number of anilines is 2. The van der Waals surface area contributed by atoms with Crippen LogP contribution in [0, 0.1) is 5.82 Å². The second-order valence-electron chi connectivity index (χ2n) is 8.18. The van der Waals surface area contributed by atoms with Crippen LogP contribution in [0.2, 0.25) is 0 Å². The Morgan fingerprint density at radius 2 is 1.72 bits per heavy atom. The Morgan fingerprint density at radius 3 is 2.34 bits per heavy atom. The predicted molar refractivity (Wildman–Crippen MR) is 123 cm³/mol. The van der Waals surface area contributed by atoms with E-state index in [4.69, 9.17) is 19.9 Å². The van der Waals surface area contributed by atoms with Crippen LogP contribution in [0.4, 0.5) is 20.6 Å². The van der Waals surface area contributed by atoms with Gasteiger partial charge in [-0.2, -0.15) is 0 Å². The topological polar surface area (TPSA) is 82.8 Å². The van der Waals surface area contributed by atoms with Crippen LogP contribution >= 0.6 is 0 Å². The third-order valence-electron chi connectivity index (χ3n) is 4.50. The highest BCUT2D eigenvalue weighted by Gasteiger charge is 2.19. The number of methoxy groups -OCH3 is 1. The number of nitrogens with one attached hydrogen (secondary N) is 1. The van der Waals surface area contributed by atoms with Crippen LogP contribution in [0.15, 0.2) is 60.7 Å². The van der Waals surface area contributed by atoms with Crippen molar-refractivity contribution in [2.75, 3.05) is 18.2 Å². The number of amides is 1. The molecule has 3 rings (SSSR count). The fourth-order valence-corrected chi connectivity index (χ4v) is 3.01. The second kappa shape index (κ2) is 9.60. The van der Waals surface area contributed by atoms with Crippen LogP contribution in [-0.2, 0) is 11.3 Å². The van der Waals surface area contributed by atoms with Gasteiger partial charge >= 0.3 is 6.09 Å². The van der Waals surface area contributed by atoms with Crippen LogP contribution in [0.5, 0.6) is 11.5 Å². The van der Waals surface area contributed by atoms with E-state index in [1.807, 2.05) is 24.3 Å². The van der Waals surface area contributed by atoms with E-state index in [2.05, 4.69) is 5.32 Å². The first-order chi connectivity index (χ1) is 15.2. The molecular weight excluding hydrogens is 411 g/mol. The number of nitrogen functional groups attached to an aromatic ring is 1. The molecule has 3 aromatic carbocycles.